The van der Waals surface area contributed by atoms with Gasteiger partial charge < -0.3 is 19.7 Å². The molecule has 0 saturated heterocycles. The van der Waals surface area contributed by atoms with Crippen molar-refractivity contribution in [2.24, 2.45) is 0 Å². The summed E-state index contributed by atoms with van der Waals surface area (Å²) in [6.07, 6.45) is 0. The zero-order valence-corrected chi connectivity index (χ0v) is 15.8. The number of nitrogens with zero attached hydrogens (tertiary/aromatic N) is 1. The maximum Gasteiger partial charge on any atom is 0.263 e. The lowest BCUT2D eigenvalue weighted by Crippen LogP contribution is -2.14. The number of amides is 1. The van der Waals surface area contributed by atoms with E-state index in [9.17, 15) is 18.3 Å². The van der Waals surface area contributed by atoms with Gasteiger partial charge in [0.05, 0.1) is 12.0 Å². The van der Waals surface area contributed by atoms with E-state index in [2.05, 4.69) is 15.2 Å². The molecule has 0 aliphatic heterocycles. The van der Waals surface area contributed by atoms with Crippen molar-refractivity contribution in [3.05, 3.63) is 59.9 Å². The number of phenolic OH excluding ortho intramolecular Hbond substituents is 1. The zero-order chi connectivity index (χ0) is 20.3. The lowest BCUT2D eigenvalue weighted by molar-refractivity contribution is 0.102. The fraction of sp³-hybridized carbons (Fsp3) is 0.111. The van der Waals surface area contributed by atoms with Crippen LogP contribution in [0, 0.1) is 6.92 Å². The third-order valence-corrected chi connectivity index (χ3v) is 5.10. The number of aromatic nitrogens is 1. The van der Waals surface area contributed by atoms with Crippen LogP contribution in [-0.2, 0) is 10.0 Å². The van der Waals surface area contributed by atoms with E-state index in [1.165, 1.54) is 55.6 Å². The van der Waals surface area contributed by atoms with Crippen LogP contribution in [0.2, 0.25) is 0 Å². The topological polar surface area (TPSA) is 131 Å². The van der Waals surface area contributed by atoms with Crippen LogP contribution < -0.4 is 14.8 Å². The molecule has 0 aliphatic carbocycles. The summed E-state index contributed by atoms with van der Waals surface area (Å²) in [7, 11) is -2.46. The number of nitrogens with one attached hydrogen (secondary N) is 2. The summed E-state index contributed by atoms with van der Waals surface area (Å²) < 4.78 is 36.8. The van der Waals surface area contributed by atoms with E-state index in [0.29, 0.717) is 11.4 Å². The molecular weight excluding hydrogens is 386 g/mol. The number of phenols is 1. The highest BCUT2D eigenvalue weighted by Crippen LogP contribution is 2.26. The molecule has 28 heavy (non-hydrogen) atoms. The van der Waals surface area contributed by atoms with Crippen molar-refractivity contribution < 1.29 is 27.6 Å². The van der Waals surface area contributed by atoms with Crippen LogP contribution in [0.4, 0.5) is 11.5 Å². The maximum absolute atomic E-state index is 12.4. The molecule has 3 rings (SSSR count). The van der Waals surface area contributed by atoms with Crippen molar-refractivity contribution in [2.75, 3.05) is 17.1 Å². The lowest BCUT2D eigenvalue weighted by atomic mass is 10.2. The minimum Gasteiger partial charge on any atom is -0.504 e. The van der Waals surface area contributed by atoms with Crippen LogP contribution in [0.15, 0.2) is 57.9 Å². The number of methoxy groups -OCH3 is 1. The first-order valence-electron chi connectivity index (χ1n) is 8.03. The number of aromatic hydroxyl groups is 1. The Kier molecular flexibility index (Phi) is 5.23. The van der Waals surface area contributed by atoms with Gasteiger partial charge in [-0.05, 0) is 49.4 Å². The van der Waals surface area contributed by atoms with Crippen LogP contribution in [0.3, 0.4) is 0 Å². The fourth-order valence-electron chi connectivity index (χ4n) is 2.35. The van der Waals surface area contributed by atoms with E-state index in [-0.39, 0.29) is 27.8 Å². The van der Waals surface area contributed by atoms with E-state index < -0.39 is 15.9 Å². The number of aryl methyl sites for hydroxylation is 1. The number of anilines is 2. The Balaban J connectivity index is 1.72. The molecular formula is C18H17N3O6S. The molecule has 0 aliphatic rings. The molecule has 1 amide bonds. The Morgan fingerprint density at radius 1 is 1.14 bits per heavy atom. The Bertz CT molecular complexity index is 1110. The quantitative estimate of drug-likeness (QED) is 0.577. The molecule has 10 heteroatoms. The standard InChI is InChI=1S/C18H17N3O6S/c1-11-9-17(20-27-11)21-28(24,25)14-6-4-13(5-7-14)19-18(23)12-3-8-15(22)16(10-12)26-2/h3-10,22H,1-2H3,(H,19,23)(H,20,21). The van der Waals surface area contributed by atoms with Crippen molar-refractivity contribution >= 4 is 27.4 Å². The maximum atomic E-state index is 12.4. The molecule has 0 bridgehead atoms. The van der Waals surface area contributed by atoms with Crippen LogP contribution in [0.5, 0.6) is 11.5 Å². The third-order valence-electron chi connectivity index (χ3n) is 3.73. The second kappa shape index (κ2) is 7.61. The minimum absolute atomic E-state index is 0.00236. The predicted molar refractivity (Wildman–Crippen MR) is 101 cm³/mol. The molecule has 1 aromatic heterocycles. The number of carbonyl (C=O) groups is 1. The second-order valence-electron chi connectivity index (χ2n) is 5.79. The van der Waals surface area contributed by atoms with Gasteiger partial charge in [-0.15, -0.1) is 0 Å². The molecule has 9 nitrogen and oxygen atoms in total. The van der Waals surface area contributed by atoms with Crippen LogP contribution in [0.25, 0.3) is 0 Å². The van der Waals surface area contributed by atoms with Crippen LogP contribution in [0.1, 0.15) is 16.1 Å². The summed E-state index contributed by atoms with van der Waals surface area (Å²) in [5.74, 6) is 0.203. The number of sulfonamides is 1. The molecule has 1 heterocycles. The van der Waals surface area contributed by atoms with Gasteiger partial charge in [-0.1, -0.05) is 5.16 Å². The summed E-state index contributed by atoms with van der Waals surface area (Å²) in [6, 6.07) is 11.3. The number of rotatable bonds is 6. The van der Waals surface area contributed by atoms with Gasteiger partial charge in [0, 0.05) is 17.3 Å². The molecule has 0 radical (unpaired) electrons. The third kappa shape index (κ3) is 4.23. The molecule has 0 atom stereocenters. The monoisotopic (exact) mass is 403 g/mol. The van der Waals surface area contributed by atoms with Gasteiger partial charge in [0.25, 0.3) is 15.9 Å². The van der Waals surface area contributed by atoms with Crippen LogP contribution in [-0.4, -0.2) is 31.7 Å². The zero-order valence-electron chi connectivity index (χ0n) is 15.0. The van der Waals surface area contributed by atoms with E-state index >= 15 is 0 Å². The molecule has 0 spiro atoms. The largest absolute Gasteiger partial charge is 0.504 e. The van der Waals surface area contributed by atoms with E-state index in [0.717, 1.165) is 0 Å². The molecule has 3 aromatic rings. The Hall–Kier alpha value is -3.53. The van der Waals surface area contributed by atoms with Crippen molar-refractivity contribution in [3.8, 4) is 11.5 Å². The highest BCUT2D eigenvalue weighted by Gasteiger charge is 2.17. The summed E-state index contributed by atoms with van der Waals surface area (Å²) in [6.45, 7) is 1.64. The van der Waals surface area contributed by atoms with Crippen molar-refractivity contribution in [3.63, 3.8) is 0 Å². The Morgan fingerprint density at radius 3 is 2.46 bits per heavy atom. The molecule has 3 N–H and O–H groups in total. The summed E-state index contributed by atoms with van der Waals surface area (Å²) in [4.78, 5) is 12.3. The van der Waals surface area contributed by atoms with Gasteiger partial charge in [0.1, 0.15) is 5.76 Å². The highest BCUT2D eigenvalue weighted by molar-refractivity contribution is 7.92. The summed E-state index contributed by atoms with van der Waals surface area (Å²) >= 11 is 0. The smallest absolute Gasteiger partial charge is 0.263 e. The number of ether oxygens (including phenoxy) is 1. The van der Waals surface area contributed by atoms with Crippen molar-refractivity contribution in [1.82, 2.24) is 5.16 Å². The lowest BCUT2D eigenvalue weighted by Gasteiger charge is -2.09. The number of hydrogen-bond acceptors (Lipinski definition) is 7. The minimum atomic E-state index is -3.84. The van der Waals surface area contributed by atoms with E-state index in [1.807, 2.05) is 0 Å². The van der Waals surface area contributed by atoms with Gasteiger partial charge in [-0.3, -0.25) is 9.52 Å². The van der Waals surface area contributed by atoms with Crippen molar-refractivity contribution in [1.29, 1.82) is 0 Å². The number of hydrogen-bond donors (Lipinski definition) is 3. The highest BCUT2D eigenvalue weighted by atomic mass is 32.2. The normalized spacial score (nSPS) is 11.1. The Labute approximate surface area is 161 Å². The predicted octanol–water partition coefficient (Wildman–Crippen LogP) is 2.75. The van der Waals surface area contributed by atoms with Crippen molar-refractivity contribution in [2.45, 2.75) is 11.8 Å². The molecule has 0 unspecified atom stereocenters. The van der Waals surface area contributed by atoms with Gasteiger partial charge in [0.15, 0.2) is 17.3 Å². The van der Waals surface area contributed by atoms with Gasteiger partial charge >= 0.3 is 0 Å². The molecule has 146 valence electrons. The SMILES string of the molecule is COc1cc(C(=O)Nc2ccc(S(=O)(=O)Nc3cc(C)on3)cc2)ccc1O. The number of carbonyl (C=O) groups excluding carboxylic acids is 1. The van der Waals surface area contributed by atoms with Gasteiger partial charge in [-0.2, -0.15) is 0 Å². The summed E-state index contributed by atoms with van der Waals surface area (Å²) in [5, 5.41) is 15.8. The molecule has 0 fully saturated rings. The van der Waals surface area contributed by atoms with E-state index in [1.54, 1.807) is 6.92 Å². The van der Waals surface area contributed by atoms with Gasteiger partial charge in [-0.25, -0.2) is 8.42 Å². The first-order valence-corrected chi connectivity index (χ1v) is 9.51. The fourth-order valence-corrected chi connectivity index (χ4v) is 3.33. The average Bonchev–Trinajstić information content (AvgIpc) is 3.06. The van der Waals surface area contributed by atoms with Crippen LogP contribution >= 0.6 is 0 Å². The Morgan fingerprint density at radius 2 is 1.86 bits per heavy atom. The van der Waals surface area contributed by atoms with E-state index in [4.69, 9.17) is 9.26 Å². The second-order valence-corrected chi connectivity index (χ2v) is 7.48. The average molecular weight is 403 g/mol. The summed E-state index contributed by atoms with van der Waals surface area (Å²) in [5.41, 5.74) is 0.669. The first-order chi connectivity index (χ1) is 13.3. The van der Waals surface area contributed by atoms with Gasteiger partial charge in [0.2, 0.25) is 0 Å². The number of benzene rings is 2. The molecule has 2 aromatic carbocycles. The first kappa shape index (κ1) is 19.2. The molecule has 0 saturated carbocycles.